The lowest BCUT2D eigenvalue weighted by Crippen LogP contribution is -2.52. The first-order chi connectivity index (χ1) is 10.6. The third-order valence-corrected chi connectivity index (χ3v) is 4.25. The summed E-state index contributed by atoms with van der Waals surface area (Å²) >= 11 is 0. The van der Waals surface area contributed by atoms with Gasteiger partial charge in [0.2, 0.25) is 6.41 Å². The van der Waals surface area contributed by atoms with Gasteiger partial charge in [0.1, 0.15) is 0 Å². The quantitative estimate of drug-likeness (QED) is 0.397. The van der Waals surface area contributed by atoms with Crippen molar-refractivity contribution in [2.75, 3.05) is 11.9 Å². The standard InChI is InChI=1S/C14H18BNO6/c17-6-8-4-11(19)13-14(12(8)20)22-15(21-13)9-2-1-3-10(5-9)16-7-18/h1-3,5,7-8,11-14,17,19-20H,4,6H2,(H,16,18). The highest BCUT2D eigenvalue weighted by atomic mass is 16.7. The average molecular weight is 307 g/mol. The Kier molecular flexibility index (Phi) is 4.46. The van der Waals surface area contributed by atoms with Crippen LogP contribution in [0.5, 0.6) is 0 Å². The number of amides is 1. The molecule has 118 valence electrons. The summed E-state index contributed by atoms with van der Waals surface area (Å²) in [7, 11) is -0.731. The van der Waals surface area contributed by atoms with E-state index in [1.54, 1.807) is 24.3 Å². The van der Waals surface area contributed by atoms with Crippen molar-refractivity contribution in [1.29, 1.82) is 0 Å². The highest BCUT2D eigenvalue weighted by Crippen LogP contribution is 2.34. The van der Waals surface area contributed by atoms with Crippen molar-refractivity contribution >= 4 is 24.7 Å². The second-order valence-electron chi connectivity index (χ2n) is 5.66. The van der Waals surface area contributed by atoms with Crippen molar-refractivity contribution in [3.8, 4) is 0 Å². The fourth-order valence-electron chi connectivity index (χ4n) is 3.09. The van der Waals surface area contributed by atoms with Crippen LogP contribution >= 0.6 is 0 Å². The molecular formula is C14H18BNO6. The molecule has 22 heavy (non-hydrogen) atoms. The molecule has 4 N–H and O–H groups in total. The molecule has 1 aliphatic heterocycles. The molecule has 1 heterocycles. The SMILES string of the molecule is O=CNc1cccc(B2OC3C(O)CC(CO)C(O)C3O2)c1. The molecule has 0 spiro atoms. The van der Waals surface area contributed by atoms with E-state index in [0.29, 0.717) is 17.6 Å². The van der Waals surface area contributed by atoms with E-state index >= 15 is 0 Å². The van der Waals surface area contributed by atoms with E-state index in [1.807, 2.05) is 0 Å². The van der Waals surface area contributed by atoms with Crippen LogP contribution in [-0.4, -0.2) is 59.9 Å². The molecule has 0 aromatic heterocycles. The highest BCUT2D eigenvalue weighted by molar-refractivity contribution is 6.62. The lowest BCUT2D eigenvalue weighted by Gasteiger charge is -2.37. The monoisotopic (exact) mass is 307 g/mol. The van der Waals surface area contributed by atoms with Gasteiger partial charge in [0.05, 0.1) is 24.4 Å². The Morgan fingerprint density at radius 3 is 2.82 bits per heavy atom. The molecule has 1 aromatic rings. The third kappa shape index (κ3) is 2.76. The van der Waals surface area contributed by atoms with Crippen LogP contribution in [0.2, 0.25) is 0 Å². The number of hydrogen-bond acceptors (Lipinski definition) is 6. The normalized spacial score (nSPS) is 34.3. The molecule has 0 radical (unpaired) electrons. The molecule has 5 unspecified atom stereocenters. The first-order valence-electron chi connectivity index (χ1n) is 7.22. The Labute approximate surface area is 128 Å². The van der Waals surface area contributed by atoms with E-state index in [0.717, 1.165) is 0 Å². The van der Waals surface area contributed by atoms with E-state index < -0.39 is 37.5 Å². The first-order valence-corrected chi connectivity index (χ1v) is 7.22. The zero-order chi connectivity index (χ0) is 15.7. The number of nitrogens with one attached hydrogen (secondary N) is 1. The summed E-state index contributed by atoms with van der Waals surface area (Å²) in [4.78, 5) is 10.5. The predicted molar refractivity (Wildman–Crippen MR) is 78.5 cm³/mol. The van der Waals surface area contributed by atoms with Gasteiger partial charge in [0, 0.05) is 18.2 Å². The van der Waals surface area contributed by atoms with E-state index in [-0.39, 0.29) is 13.0 Å². The second-order valence-corrected chi connectivity index (χ2v) is 5.66. The Balaban J connectivity index is 1.78. The molecule has 7 nitrogen and oxygen atoms in total. The number of carbonyl (C=O) groups excluding carboxylic acids is 1. The van der Waals surface area contributed by atoms with Gasteiger partial charge in [-0.3, -0.25) is 4.79 Å². The molecule has 8 heteroatoms. The van der Waals surface area contributed by atoms with Gasteiger partial charge in [-0.15, -0.1) is 0 Å². The molecular weight excluding hydrogens is 289 g/mol. The number of hydrogen-bond donors (Lipinski definition) is 4. The molecule has 1 aliphatic carbocycles. The Morgan fingerprint density at radius 2 is 2.09 bits per heavy atom. The minimum absolute atomic E-state index is 0.214. The van der Waals surface area contributed by atoms with Crippen LogP contribution < -0.4 is 10.8 Å². The lowest BCUT2D eigenvalue weighted by molar-refractivity contribution is -0.113. The van der Waals surface area contributed by atoms with Crippen LogP contribution in [0.4, 0.5) is 5.69 Å². The number of carbonyl (C=O) groups is 1. The lowest BCUT2D eigenvalue weighted by atomic mass is 9.79. The fraction of sp³-hybridized carbons (Fsp3) is 0.500. The molecule has 1 saturated carbocycles. The number of rotatable bonds is 4. The van der Waals surface area contributed by atoms with Crippen LogP contribution in [0.3, 0.4) is 0 Å². The van der Waals surface area contributed by atoms with Gasteiger partial charge in [-0.25, -0.2) is 0 Å². The summed E-state index contributed by atoms with van der Waals surface area (Å²) in [6.45, 7) is -0.214. The summed E-state index contributed by atoms with van der Waals surface area (Å²) < 4.78 is 11.5. The van der Waals surface area contributed by atoms with Gasteiger partial charge >= 0.3 is 7.12 Å². The van der Waals surface area contributed by atoms with Crippen LogP contribution in [0.15, 0.2) is 24.3 Å². The maximum atomic E-state index is 10.5. The summed E-state index contributed by atoms with van der Waals surface area (Å²) in [5.41, 5.74) is 1.28. The fourth-order valence-corrected chi connectivity index (χ4v) is 3.09. The van der Waals surface area contributed by atoms with Gasteiger partial charge in [-0.1, -0.05) is 12.1 Å². The molecule has 1 aromatic carbocycles. The topological polar surface area (TPSA) is 108 Å². The minimum Gasteiger partial charge on any atom is -0.399 e. The second kappa shape index (κ2) is 6.35. The zero-order valence-electron chi connectivity index (χ0n) is 11.8. The van der Waals surface area contributed by atoms with E-state index in [4.69, 9.17) is 9.31 Å². The van der Waals surface area contributed by atoms with Crippen molar-refractivity contribution < 1.29 is 29.4 Å². The van der Waals surface area contributed by atoms with Gasteiger partial charge in [-0.05, 0) is 24.0 Å². The molecule has 2 fully saturated rings. The van der Waals surface area contributed by atoms with Crippen molar-refractivity contribution in [3.63, 3.8) is 0 Å². The number of aliphatic hydroxyl groups excluding tert-OH is 3. The summed E-state index contributed by atoms with van der Waals surface area (Å²) in [6.07, 6.45) is -2.17. The smallest absolute Gasteiger partial charge is 0.399 e. The summed E-state index contributed by atoms with van der Waals surface area (Å²) in [5.74, 6) is -0.429. The maximum Gasteiger partial charge on any atom is 0.494 e. The van der Waals surface area contributed by atoms with Gasteiger partial charge in [-0.2, -0.15) is 0 Å². The largest absolute Gasteiger partial charge is 0.494 e. The Hall–Kier alpha value is -1.45. The molecule has 2 aliphatic rings. The van der Waals surface area contributed by atoms with Crippen molar-refractivity contribution in [2.24, 2.45) is 5.92 Å². The number of anilines is 1. The van der Waals surface area contributed by atoms with Crippen LogP contribution in [0.25, 0.3) is 0 Å². The van der Waals surface area contributed by atoms with Gasteiger partial charge in [0.15, 0.2) is 0 Å². The summed E-state index contributed by atoms with van der Waals surface area (Å²) in [5, 5.41) is 32.2. The van der Waals surface area contributed by atoms with Gasteiger partial charge in [0.25, 0.3) is 0 Å². The average Bonchev–Trinajstić information content (AvgIpc) is 2.98. The highest BCUT2D eigenvalue weighted by Gasteiger charge is 2.52. The number of fused-ring (bicyclic) bond motifs is 1. The third-order valence-electron chi connectivity index (χ3n) is 4.25. The predicted octanol–water partition coefficient (Wildman–Crippen LogP) is -1.53. The van der Waals surface area contributed by atoms with Gasteiger partial charge < -0.3 is 29.9 Å². The molecule has 3 rings (SSSR count). The van der Waals surface area contributed by atoms with Crippen LogP contribution in [0, 0.1) is 5.92 Å². The van der Waals surface area contributed by atoms with Crippen molar-refractivity contribution in [1.82, 2.24) is 0 Å². The van der Waals surface area contributed by atoms with E-state index in [2.05, 4.69) is 5.32 Å². The van der Waals surface area contributed by atoms with Crippen molar-refractivity contribution in [3.05, 3.63) is 24.3 Å². The Morgan fingerprint density at radius 1 is 1.32 bits per heavy atom. The molecule has 5 atom stereocenters. The van der Waals surface area contributed by atoms with E-state index in [1.165, 1.54) is 0 Å². The molecule has 0 bridgehead atoms. The Bertz CT molecular complexity index is 544. The number of benzene rings is 1. The molecule has 1 amide bonds. The van der Waals surface area contributed by atoms with Crippen LogP contribution in [0.1, 0.15) is 6.42 Å². The minimum atomic E-state index is -0.889. The zero-order valence-corrected chi connectivity index (χ0v) is 11.8. The van der Waals surface area contributed by atoms with Crippen molar-refractivity contribution in [2.45, 2.75) is 30.8 Å². The first kappa shape index (κ1) is 15.5. The maximum absolute atomic E-state index is 10.5. The van der Waals surface area contributed by atoms with Crippen LogP contribution in [-0.2, 0) is 14.1 Å². The number of aliphatic hydroxyl groups is 3. The van der Waals surface area contributed by atoms with E-state index in [9.17, 15) is 20.1 Å². The summed E-state index contributed by atoms with van der Waals surface area (Å²) in [6, 6.07) is 6.96. The molecule has 1 saturated heterocycles.